The van der Waals surface area contributed by atoms with Crippen LogP contribution in [0.15, 0.2) is 12.3 Å². The number of methoxy groups -OCH3 is 1. The fraction of sp³-hybridized carbons (Fsp3) is 0.250. The lowest BCUT2D eigenvalue weighted by Crippen LogP contribution is -2.00. The minimum Gasteiger partial charge on any atom is -0.496 e. The van der Waals surface area contributed by atoms with Crippen molar-refractivity contribution in [3.8, 4) is 5.75 Å². The van der Waals surface area contributed by atoms with E-state index >= 15 is 0 Å². The van der Waals surface area contributed by atoms with Gasteiger partial charge in [-0.2, -0.15) is 0 Å². The van der Waals surface area contributed by atoms with Crippen LogP contribution in [-0.2, 0) is 0 Å². The van der Waals surface area contributed by atoms with E-state index in [0.717, 1.165) is 0 Å². The van der Waals surface area contributed by atoms with Crippen LogP contribution in [0.5, 0.6) is 5.75 Å². The van der Waals surface area contributed by atoms with E-state index < -0.39 is 12.1 Å². The average molecular weight is 187 g/mol. The van der Waals surface area contributed by atoms with E-state index in [4.69, 9.17) is 4.74 Å². The van der Waals surface area contributed by atoms with Crippen LogP contribution in [0.3, 0.4) is 0 Å². The summed E-state index contributed by atoms with van der Waals surface area (Å²) in [6, 6.07) is 1.36. The fourth-order valence-electron chi connectivity index (χ4n) is 0.941. The third-order valence-corrected chi connectivity index (χ3v) is 1.53. The SMILES string of the molecule is COc1ccnc(C(F)F)c1C=O. The molecule has 0 radical (unpaired) electrons. The standard InChI is InChI=1S/C8H7F2NO2/c1-13-6-2-3-11-7(8(9)10)5(6)4-12/h2-4,8H,1H3. The summed E-state index contributed by atoms with van der Waals surface area (Å²) >= 11 is 0. The van der Waals surface area contributed by atoms with Crippen molar-refractivity contribution in [2.45, 2.75) is 6.43 Å². The molecule has 1 aromatic heterocycles. The van der Waals surface area contributed by atoms with E-state index in [1.165, 1.54) is 19.4 Å². The van der Waals surface area contributed by atoms with Crippen LogP contribution in [0.2, 0.25) is 0 Å². The lowest BCUT2D eigenvalue weighted by atomic mass is 10.2. The summed E-state index contributed by atoms with van der Waals surface area (Å²) in [7, 11) is 1.30. The smallest absolute Gasteiger partial charge is 0.281 e. The van der Waals surface area contributed by atoms with Crippen LogP contribution < -0.4 is 4.74 Å². The van der Waals surface area contributed by atoms with E-state index in [1.54, 1.807) is 0 Å². The quantitative estimate of drug-likeness (QED) is 0.677. The number of aldehydes is 1. The van der Waals surface area contributed by atoms with Crippen molar-refractivity contribution in [1.82, 2.24) is 4.98 Å². The second kappa shape index (κ2) is 3.93. The van der Waals surface area contributed by atoms with Gasteiger partial charge in [0.2, 0.25) is 0 Å². The van der Waals surface area contributed by atoms with Crippen molar-refractivity contribution in [2.75, 3.05) is 7.11 Å². The van der Waals surface area contributed by atoms with Gasteiger partial charge in [-0.1, -0.05) is 0 Å². The van der Waals surface area contributed by atoms with Crippen LogP contribution in [0.1, 0.15) is 22.5 Å². The first-order valence-corrected chi connectivity index (χ1v) is 3.47. The van der Waals surface area contributed by atoms with E-state index in [0.29, 0.717) is 6.29 Å². The van der Waals surface area contributed by atoms with Gasteiger partial charge in [-0.25, -0.2) is 8.78 Å². The number of hydrogen-bond acceptors (Lipinski definition) is 3. The molecule has 0 fully saturated rings. The number of alkyl halides is 2. The fourth-order valence-corrected chi connectivity index (χ4v) is 0.941. The van der Waals surface area contributed by atoms with Gasteiger partial charge in [0.15, 0.2) is 6.29 Å². The minimum absolute atomic E-state index is 0.111. The molecular weight excluding hydrogens is 180 g/mol. The van der Waals surface area contributed by atoms with Gasteiger partial charge in [0, 0.05) is 6.20 Å². The largest absolute Gasteiger partial charge is 0.496 e. The molecule has 3 nitrogen and oxygen atoms in total. The number of pyridine rings is 1. The predicted octanol–water partition coefficient (Wildman–Crippen LogP) is 1.84. The highest BCUT2D eigenvalue weighted by Gasteiger charge is 2.17. The molecule has 0 aliphatic heterocycles. The van der Waals surface area contributed by atoms with Gasteiger partial charge in [-0.05, 0) is 6.07 Å². The van der Waals surface area contributed by atoms with Gasteiger partial charge in [-0.15, -0.1) is 0 Å². The Morgan fingerprint density at radius 2 is 2.31 bits per heavy atom. The Morgan fingerprint density at radius 1 is 1.62 bits per heavy atom. The molecule has 0 saturated heterocycles. The summed E-state index contributed by atoms with van der Waals surface area (Å²) in [5.41, 5.74) is -0.741. The Balaban J connectivity index is 3.27. The van der Waals surface area contributed by atoms with Gasteiger partial charge in [0.1, 0.15) is 11.4 Å². The predicted molar refractivity (Wildman–Crippen MR) is 41.1 cm³/mol. The Bertz CT molecular complexity index is 315. The zero-order valence-corrected chi connectivity index (χ0v) is 6.83. The molecule has 0 aromatic carbocycles. The number of nitrogens with zero attached hydrogens (tertiary/aromatic N) is 1. The van der Waals surface area contributed by atoms with Crippen molar-refractivity contribution < 1.29 is 18.3 Å². The van der Waals surface area contributed by atoms with Crippen LogP contribution >= 0.6 is 0 Å². The summed E-state index contributed by atoms with van der Waals surface area (Å²) in [5, 5.41) is 0. The second-order valence-corrected chi connectivity index (χ2v) is 2.23. The van der Waals surface area contributed by atoms with E-state index in [2.05, 4.69) is 4.98 Å². The number of rotatable bonds is 3. The Labute approximate surface area is 73.4 Å². The van der Waals surface area contributed by atoms with Crippen molar-refractivity contribution in [3.63, 3.8) is 0 Å². The molecule has 0 N–H and O–H groups in total. The van der Waals surface area contributed by atoms with E-state index in [1.807, 2.05) is 0 Å². The number of ether oxygens (including phenoxy) is 1. The first-order valence-electron chi connectivity index (χ1n) is 3.47. The maximum Gasteiger partial charge on any atom is 0.281 e. The third kappa shape index (κ3) is 1.80. The molecular formula is C8H7F2NO2. The molecule has 0 bridgehead atoms. The summed E-state index contributed by atoms with van der Waals surface area (Å²) in [5.74, 6) is 0.111. The zero-order chi connectivity index (χ0) is 9.84. The summed E-state index contributed by atoms with van der Waals surface area (Å²) < 4.78 is 29.2. The van der Waals surface area contributed by atoms with Crippen molar-refractivity contribution in [3.05, 3.63) is 23.5 Å². The Kier molecular flexibility index (Phi) is 2.89. The van der Waals surface area contributed by atoms with Crippen molar-refractivity contribution in [1.29, 1.82) is 0 Å². The number of carbonyl (C=O) groups excluding carboxylic acids is 1. The Hall–Kier alpha value is -1.52. The normalized spacial score (nSPS) is 10.2. The van der Waals surface area contributed by atoms with Crippen LogP contribution in [0.25, 0.3) is 0 Å². The van der Waals surface area contributed by atoms with Gasteiger partial charge in [-0.3, -0.25) is 9.78 Å². The van der Waals surface area contributed by atoms with Gasteiger partial charge < -0.3 is 4.74 Å². The highest BCUT2D eigenvalue weighted by Crippen LogP contribution is 2.25. The highest BCUT2D eigenvalue weighted by atomic mass is 19.3. The lowest BCUT2D eigenvalue weighted by Gasteiger charge is -2.06. The van der Waals surface area contributed by atoms with Crippen LogP contribution in [0.4, 0.5) is 8.78 Å². The number of aromatic nitrogens is 1. The second-order valence-electron chi connectivity index (χ2n) is 2.23. The summed E-state index contributed by atoms with van der Waals surface area (Å²) in [6.45, 7) is 0. The third-order valence-electron chi connectivity index (χ3n) is 1.53. The van der Waals surface area contributed by atoms with E-state index in [9.17, 15) is 13.6 Å². The topological polar surface area (TPSA) is 39.2 Å². The highest BCUT2D eigenvalue weighted by molar-refractivity contribution is 5.80. The van der Waals surface area contributed by atoms with Crippen LogP contribution in [-0.4, -0.2) is 18.4 Å². The molecule has 0 aliphatic rings. The monoisotopic (exact) mass is 187 g/mol. The minimum atomic E-state index is -2.77. The molecule has 1 heterocycles. The molecule has 1 aromatic rings. The first kappa shape index (κ1) is 9.57. The van der Waals surface area contributed by atoms with Crippen molar-refractivity contribution >= 4 is 6.29 Å². The molecule has 70 valence electrons. The number of carbonyl (C=O) groups is 1. The molecule has 5 heteroatoms. The molecule has 0 spiro atoms. The van der Waals surface area contributed by atoms with E-state index in [-0.39, 0.29) is 11.3 Å². The lowest BCUT2D eigenvalue weighted by molar-refractivity contribution is 0.110. The molecule has 0 amide bonds. The molecule has 13 heavy (non-hydrogen) atoms. The van der Waals surface area contributed by atoms with Crippen LogP contribution in [0, 0.1) is 0 Å². The van der Waals surface area contributed by atoms with Gasteiger partial charge >= 0.3 is 0 Å². The zero-order valence-electron chi connectivity index (χ0n) is 6.83. The average Bonchev–Trinajstić information content (AvgIpc) is 2.16. The maximum absolute atomic E-state index is 12.3. The molecule has 0 aliphatic carbocycles. The number of halogens is 2. The maximum atomic E-state index is 12.3. The number of hydrogen-bond donors (Lipinski definition) is 0. The molecule has 1 rings (SSSR count). The van der Waals surface area contributed by atoms with Gasteiger partial charge in [0.05, 0.1) is 12.7 Å². The summed E-state index contributed by atoms with van der Waals surface area (Å²) in [6.07, 6.45) is -1.28. The summed E-state index contributed by atoms with van der Waals surface area (Å²) in [4.78, 5) is 13.9. The van der Waals surface area contributed by atoms with Gasteiger partial charge in [0.25, 0.3) is 6.43 Å². The Morgan fingerprint density at radius 3 is 2.77 bits per heavy atom. The molecule has 0 saturated carbocycles. The first-order chi connectivity index (χ1) is 6.20. The molecule has 0 unspecified atom stereocenters. The van der Waals surface area contributed by atoms with Crippen molar-refractivity contribution in [2.24, 2.45) is 0 Å². The molecule has 0 atom stereocenters.